The molecule has 4 nitrogen and oxygen atoms in total. The molecule has 18 heavy (non-hydrogen) atoms. The topological polar surface area (TPSA) is 62.2 Å². The van der Waals surface area contributed by atoms with Gasteiger partial charge in [-0.15, -0.1) is 0 Å². The van der Waals surface area contributed by atoms with Crippen molar-refractivity contribution in [1.82, 2.24) is 4.98 Å². The number of thioether (sulfide) groups is 1. The van der Waals surface area contributed by atoms with E-state index in [1.54, 1.807) is 24.8 Å². The van der Waals surface area contributed by atoms with Crippen LogP contribution in [-0.4, -0.2) is 34.1 Å². The smallest absolute Gasteiger partial charge is 0.339 e. The Morgan fingerprint density at radius 2 is 2.22 bits per heavy atom. The Bertz CT molecular complexity index is 435. The number of carboxylic acid groups (broad SMARTS) is 1. The quantitative estimate of drug-likeness (QED) is 0.830. The van der Waals surface area contributed by atoms with Gasteiger partial charge in [-0.3, -0.25) is 4.98 Å². The van der Waals surface area contributed by atoms with E-state index >= 15 is 0 Å². The SMILES string of the molecule is CCC(CSC)Nc1cc(C)nc(C)c1C(=O)O. The number of carboxylic acids is 1. The summed E-state index contributed by atoms with van der Waals surface area (Å²) in [5, 5.41) is 12.6. The number of aromatic nitrogens is 1. The maximum Gasteiger partial charge on any atom is 0.339 e. The fourth-order valence-corrected chi connectivity index (χ4v) is 2.62. The summed E-state index contributed by atoms with van der Waals surface area (Å²) in [7, 11) is 0. The third-order valence-corrected chi connectivity index (χ3v) is 3.50. The van der Waals surface area contributed by atoms with Crippen LogP contribution >= 0.6 is 11.8 Å². The first kappa shape index (κ1) is 14.8. The van der Waals surface area contributed by atoms with Crippen molar-refractivity contribution in [2.24, 2.45) is 0 Å². The molecule has 1 atom stereocenters. The first-order valence-corrected chi connectivity index (χ1v) is 7.36. The second kappa shape index (κ2) is 6.64. The molecule has 0 amide bonds. The number of pyridine rings is 1. The molecule has 1 heterocycles. The van der Waals surface area contributed by atoms with Gasteiger partial charge in [0.05, 0.1) is 11.4 Å². The molecule has 1 unspecified atom stereocenters. The predicted octanol–water partition coefficient (Wildman–Crippen LogP) is 2.95. The van der Waals surface area contributed by atoms with Crippen LogP contribution in [0.4, 0.5) is 5.69 Å². The number of rotatable bonds is 6. The van der Waals surface area contributed by atoms with Gasteiger partial charge >= 0.3 is 5.97 Å². The van der Waals surface area contributed by atoms with Gasteiger partial charge in [0.1, 0.15) is 5.56 Å². The van der Waals surface area contributed by atoms with Crippen molar-refractivity contribution < 1.29 is 9.90 Å². The normalized spacial score (nSPS) is 12.2. The van der Waals surface area contributed by atoms with Gasteiger partial charge in [0.2, 0.25) is 0 Å². The molecule has 100 valence electrons. The maximum atomic E-state index is 11.3. The third-order valence-electron chi connectivity index (χ3n) is 2.76. The van der Waals surface area contributed by atoms with Gasteiger partial charge in [-0.05, 0) is 32.6 Å². The van der Waals surface area contributed by atoms with E-state index in [-0.39, 0.29) is 11.6 Å². The molecule has 0 aromatic carbocycles. The molecule has 0 aliphatic heterocycles. The number of nitrogens with one attached hydrogen (secondary N) is 1. The van der Waals surface area contributed by atoms with E-state index in [0.29, 0.717) is 11.4 Å². The Hall–Kier alpha value is -1.23. The van der Waals surface area contributed by atoms with Gasteiger partial charge in [0, 0.05) is 17.5 Å². The number of hydrogen-bond acceptors (Lipinski definition) is 4. The van der Waals surface area contributed by atoms with Gasteiger partial charge in [0.25, 0.3) is 0 Å². The molecule has 0 aliphatic carbocycles. The average Bonchev–Trinajstić information content (AvgIpc) is 2.26. The van der Waals surface area contributed by atoms with E-state index in [2.05, 4.69) is 17.2 Å². The zero-order chi connectivity index (χ0) is 13.7. The van der Waals surface area contributed by atoms with E-state index in [1.807, 2.05) is 13.2 Å². The minimum absolute atomic E-state index is 0.277. The van der Waals surface area contributed by atoms with E-state index in [9.17, 15) is 9.90 Å². The molecular formula is C13H20N2O2S. The number of carbonyl (C=O) groups is 1. The van der Waals surface area contributed by atoms with Crippen LogP contribution in [0.15, 0.2) is 6.07 Å². The molecule has 0 radical (unpaired) electrons. The van der Waals surface area contributed by atoms with E-state index in [1.165, 1.54) is 0 Å². The van der Waals surface area contributed by atoms with E-state index < -0.39 is 5.97 Å². The number of nitrogens with zero attached hydrogens (tertiary/aromatic N) is 1. The van der Waals surface area contributed by atoms with Crippen LogP contribution in [0.3, 0.4) is 0 Å². The summed E-state index contributed by atoms with van der Waals surface area (Å²) in [6.45, 7) is 5.70. The highest BCUT2D eigenvalue weighted by Gasteiger charge is 2.17. The Labute approximate surface area is 112 Å². The molecule has 5 heteroatoms. The summed E-state index contributed by atoms with van der Waals surface area (Å²) in [6.07, 6.45) is 3.01. The molecule has 0 aliphatic rings. The Morgan fingerprint density at radius 1 is 1.56 bits per heavy atom. The zero-order valence-electron chi connectivity index (χ0n) is 11.3. The third kappa shape index (κ3) is 3.63. The first-order valence-electron chi connectivity index (χ1n) is 5.96. The van der Waals surface area contributed by atoms with Gasteiger partial charge in [0.15, 0.2) is 0 Å². The Kier molecular flexibility index (Phi) is 5.47. The highest BCUT2D eigenvalue weighted by Crippen LogP contribution is 2.22. The Balaban J connectivity index is 3.09. The number of aromatic carboxylic acids is 1. The van der Waals surface area contributed by atoms with Crippen molar-refractivity contribution in [3.05, 3.63) is 23.0 Å². The number of hydrogen-bond donors (Lipinski definition) is 2. The molecule has 0 fully saturated rings. The lowest BCUT2D eigenvalue weighted by atomic mass is 10.1. The van der Waals surface area contributed by atoms with Crippen molar-refractivity contribution in [3.8, 4) is 0 Å². The minimum Gasteiger partial charge on any atom is -0.478 e. The van der Waals surface area contributed by atoms with Gasteiger partial charge in [-0.25, -0.2) is 4.79 Å². The minimum atomic E-state index is -0.929. The molecule has 0 saturated carbocycles. The maximum absolute atomic E-state index is 11.3. The van der Waals surface area contributed by atoms with Gasteiger partial charge < -0.3 is 10.4 Å². The van der Waals surface area contributed by atoms with E-state index in [0.717, 1.165) is 17.9 Å². The average molecular weight is 268 g/mol. The van der Waals surface area contributed by atoms with Gasteiger partial charge in [-0.2, -0.15) is 11.8 Å². The van der Waals surface area contributed by atoms with Gasteiger partial charge in [-0.1, -0.05) is 6.92 Å². The summed E-state index contributed by atoms with van der Waals surface area (Å²) in [5.74, 6) is 0.0252. The first-order chi connectivity index (χ1) is 8.49. The molecule has 1 rings (SSSR count). The highest BCUT2D eigenvalue weighted by molar-refractivity contribution is 7.98. The van der Waals surface area contributed by atoms with Crippen LogP contribution in [-0.2, 0) is 0 Å². The second-order valence-corrected chi connectivity index (χ2v) is 5.19. The predicted molar refractivity (Wildman–Crippen MR) is 76.8 cm³/mol. The standard InChI is InChI=1S/C13H20N2O2S/c1-5-10(7-18-4)15-11-6-8(2)14-9(3)12(11)13(16)17/h6,10H,5,7H2,1-4H3,(H,14,15)(H,16,17). The largest absolute Gasteiger partial charge is 0.478 e. The molecule has 1 aromatic heterocycles. The number of anilines is 1. The van der Waals surface area contributed by atoms with E-state index in [4.69, 9.17) is 0 Å². The monoisotopic (exact) mass is 268 g/mol. The lowest BCUT2D eigenvalue weighted by Crippen LogP contribution is -2.23. The van der Waals surface area contributed by atoms with Crippen molar-refractivity contribution in [3.63, 3.8) is 0 Å². The molecule has 0 spiro atoms. The summed E-state index contributed by atoms with van der Waals surface area (Å²) in [5.41, 5.74) is 2.34. The van der Waals surface area contributed by atoms with Crippen molar-refractivity contribution in [1.29, 1.82) is 0 Å². The summed E-state index contributed by atoms with van der Waals surface area (Å²) in [4.78, 5) is 15.5. The summed E-state index contributed by atoms with van der Waals surface area (Å²) in [6, 6.07) is 2.08. The van der Waals surface area contributed by atoms with Crippen molar-refractivity contribution in [2.45, 2.75) is 33.2 Å². The van der Waals surface area contributed by atoms with Crippen LogP contribution < -0.4 is 5.32 Å². The van der Waals surface area contributed by atoms with Crippen LogP contribution in [0.25, 0.3) is 0 Å². The van der Waals surface area contributed by atoms with Crippen LogP contribution in [0.5, 0.6) is 0 Å². The van der Waals surface area contributed by atoms with Crippen molar-refractivity contribution >= 4 is 23.4 Å². The number of aryl methyl sites for hydroxylation is 2. The lowest BCUT2D eigenvalue weighted by Gasteiger charge is -2.19. The van der Waals surface area contributed by atoms with Crippen LogP contribution in [0.1, 0.15) is 35.1 Å². The lowest BCUT2D eigenvalue weighted by molar-refractivity contribution is 0.0696. The molecule has 1 aromatic rings. The van der Waals surface area contributed by atoms with Crippen molar-refractivity contribution in [2.75, 3.05) is 17.3 Å². The second-order valence-electron chi connectivity index (χ2n) is 4.28. The van der Waals surface area contributed by atoms with Crippen LogP contribution in [0, 0.1) is 13.8 Å². The summed E-state index contributed by atoms with van der Waals surface area (Å²) >= 11 is 1.75. The fraction of sp³-hybridized carbons (Fsp3) is 0.538. The molecule has 0 saturated heterocycles. The molecule has 2 N–H and O–H groups in total. The Morgan fingerprint density at radius 3 is 2.72 bits per heavy atom. The fourth-order valence-electron chi connectivity index (χ4n) is 1.90. The zero-order valence-corrected chi connectivity index (χ0v) is 12.1. The molecule has 0 bridgehead atoms. The van der Waals surface area contributed by atoms with Crippen LogP contribution in [0.2, 0.25) is 0 Å². The molecular weight excluding hydrogens is 248 g/mol. The highest BCUT2D eigenvalue weighted by atomic mass is 32.2. The summed E-state index contributed by atoms with van der Waals surface area (Å²) < 4.78 is 0.